The average molecular weight is 336 g/mol. The molecule has 2 aromatic heterocycles. The van der Waals surface area contributed by atoms with Crippen molar-refractivity contribution in [2.24, 2.45) is 5.92 Å². The number of pyridine rings is 1. The molecule has 1 N–H and O–H groups in total. The molecule has 3 rings (SSSR count). The maximum Gasteiger partial charge on any atom is 0.392 e. The van der Waals surface area contributed by atoms with Gasteiger partial charge in [-0.25, -0.2) is 4.98 Å². The Bertz CT molecular complexity index is 789. The van der Waals surface area contributed by atoms with E-state index in [2.05, 4.69) is 26.6 Å². The Morgan fingerprint density at radius 3 is 2.88 bits per heavy atom. The maximum absolute atomic E-state index is 12.8. The molecule has 0 bridgehead atoms. The third kappa shape index (κ3) is 3.32. The van der Waals surface area contributed by atoms with Crippen molar-refractivity contribution in [2.75, 3.05) is 5.32 Å². The van der Waals surface area contributed by atoms with Crippen molar-refractivity contribution in [3.05, 3.63) is 35.0 Å². The van der Waals surface area contributed by atoms with E-state index in [1.54, 1.807) is 23.6 Å². The topological polar surface area (TPSA) is 79.4 Å². The normalized spacial score (nSPS) is 17.2. The predicted octanol–water partition coefficient (Wildman–Crippen LogP) is 2.59. The van der Waals surface area contributed by atoms with Crippen molar-refractivity contribution >= 4 is 5.82 Å². The molecule has 1 aliphatic heterocycles. The number of hydrogen-bond donors (Lipinski definition) is 1. The maximum atomic E-state index is 12.8. The standard InChI is InChI=1S/C15H15F3N6/c1-9-4-10(7-19)5-12(21-9)20-8-14-23-22-13-6-11(15(16,17)18)2-3-24(13)14/h4-5,11H,2-3,6,8H2,1H3,(H,20,21). The van der Waals surface area contributed by atoms with E-state index in [9.17, 15) is 13.2 Å². The first-order valence-electron chi connectivity index (χ1n) is 7.47. The molecule has 0 spiro atoms. The monoisotopic (exact) mass is 336 g/mol. The summed E-state index contributed by atoms with van der Waals surface area (Å²) in [6, 6.07) is 5.33. The molecule has 0 fully saturated rings. The molecule has 1 atom stereocenters. The number of alkyl halides is 3. The second kappa shape index (κ2) is 6.11. The summed E-state index contributed by atoms with van der Waals surface area (Å²) in [5.41, 5.74) is 1.19. The molecule has 1 unspecified atom stereocenters. The molecule has 0 saturated carbocycles. The van der Waals surface area contributed by atoms with Crippen molar-refractivity contribution in [3.8, 4) is 6.07 Å². The third-order valence-electron chi connectivity index (χ3n) is 4.01. The highest BCUT2D eigenvalue weighted by Gasteiger charge is 2.42. The zero-order chi connectivity index (χ0) is 17.3. The van der Waals surface area contributed by atoms with Gasteiger partial charge in [-0.3, -0.25) is 0 Å². The van der Waals surface area contributed by atoms with Crippen LogP contribution in [0.4, 0.5) is 19.0 Å². The van der Waals surface area contributed by atoms with Gasteiger partial charge in [0.25, 0.3) is 0 Å². The van der Waals surface area contributed by atoms with E-state index in [1.165, 1.54) is 0 Å². The SMILES string of the molecule is Cc1cc(C#N)cc(NCc2nnc3n2CCC(C(F)(F)F)C3)n1. The van der Waals surface area contributed by atoms with Gasteiger partial charge in [0.1, 0.15) is 11.6 Å². The number of nitrogens with zero attached hydrogens (tertiary/aromatic N) is 5. The van der Waals surface area contributed by atoms with E-state index in [4.69, 9.17) is 5.26 Å². The van der Waals surface area contributed by atoms with E-state index in [-0.39, 0.29) is 25.9 Å². The Balaban J connectivity index is 1.72. The molecule has 0 saturated heterocycles. The second-order valence-corrected chi connectivity index (χ2v) is 5.76. The van der Waals surface area contributed by atoms with Gasteiger partial charge in [-0.2, -0.15) is 18.4 Å². The summed E-state index contributed by atoms with van der Waals surface area (Å²) in [5, 5.41) is 19.9. The van der Waals surface area contributed by atoms with Crippen LogP contribution in [-0.4, -0.2) is 25.9 Å². The zero-order valence-electron chi connectivity index (χ0n) is 12.9. The van der Waals surface area contributed by atoms with Gasteiger partial charge in [-0.05, 0) is 25.5 Å². The summed E-state index contributed by atoms with van der Waals surface area (Å²) in [7, 11) is 0. The lowest BCUT2D eigenvalue weighted by Crippen LogP contribution is -2.31. The number of fused-ring (bicyclic) bond motifs is 1. The summed E-state index contributed by atoms with van der Waals surface area (Å²) < 4.78 is 40.2. The lowest BCUT2D eigenvalue weighted by Gasteiger charge is -2.25. The van der Waals surface area contributed by atoms with E-state index in [0.717, 1.165) is 0 Å². The molecule has 0 amide bonds. The highest BCUT2D eigenvalue weighted by atomic mass is 19.4. The highest BCUT2D eigenvalue weighted by molar-refractivity contribution is 5.44. The molecule has 3 heterocycles. The van der Waals surface area contributed by atoms with Crippen LogP contribution in [0, 0.1) is 24.2 Å². The quantitative estimate of drug-likeness (QED) is 0.932. The van der Waals surface area contributed by atoms with Crippen LogP contribution in [0.15, 0.2) is 12.1 Å². The zero-order valence-corrected chi connectivity index (χ0v) is 12.9. The number of aromatic nitrogens is 4. The summed E-state index contributed by atoms with van der Waals surface area (Å²) >= 11 is 0. The first-order chi connectivity index (χ1) is 11.4. The first-order valence-corrected chi connectivity index (χ1v) is 7.47. The van der Waals surface area contributed by atoms with Crippen LogP contribution in [-0.2, 0) is 19.5 Å². The summed E-state index contributed by atoms with van der Waals surface area (Å²) in [6.45, 7) is 2.31. The van der Waals surface area contributed by atoms with Gasteiger partial charge >= 0.3 is 6.18 Å². The third-order valence-corrected chi connectivity index (χ3v) is 4.01. The number of rotatable bonds is 3. The minimum Gasteiger partial charge on any atom is -0.363 e. The average Bonchev–Trinajstić information content (AvgIpc) is 2.94. The minimum absolute atomic E-state index is 0.0306. The van der Waals surface area contributed by atoms with Crippen LogP contribution >= 0.6 is 0 Å². The predicted molar refractivity (Wildman–Crippen MR) is 78.9 cm³/mol. The number of aryl methyl sites for hydroxylation is 1. The molecule has 6 nitrogen and oxygen atoms in total. The Hall–Kier alpha value is -2.63. The van der Waals surface area contributed by atoms with Crippen LogP contribution < -0.4 is 5.32 Å². The van der Waals surface area contributed by atoms with Crippen molar-refractivity contribution in [1.29, 1.82) is 5.26 Å². The molecule has 0 aromatic carbocycles. The Morgan fingerprint density at radius 2 is 2.17 bits per heavy atom. The number of nitrogens with one attached hydrogen (secondary N) is 1. The fraction of sp³-hybridized carbons (Fsp3) is 0.467. The van der Waals surface area contributed by atoms with Gasteiger partial charge in [0, 0.05) is 18.7 Å². The summed E-state index contributed by atoms with van der Waals surface area (Å²) in [6.07, 6.45) is -4.31. The van der Waals surface area contributed by atoms with E-state index < -0.39 is 12.1 Å². The second-order valence-electron chi connectivity index (χ2n) is 5.76. The largest absolute Gasteiger partial charge is 0.392 e. The van der Waals surface area contributed by atoms with Gasteiger partial charge < -0.3 is 9.88 Å². The van der Waals surface area contributed by atoms with E-state index in [0.29, 0.717) is 28.7 Å². The fourth-order valence-corrected chi connectivity index (χ4v) is 2.79. The lowest BCUT2D eigenvalue weighted by atomic mass is 9.97. The molecule has 0 radical (unpaired) electrons. The minimum atomic E-state index is -4.20. The van der Waals surface area contributed by atoms with Gasteiger partial charge in [0.15, 0.2) is 5.82 Å². The number of anilines is 1. The van der Waals surface area contributed by atoms with Gasteiger partial charge in [-0.1, -0.05) is 0 Å². The van der Waals surface area contributed by atoms with Gasteiger partial charge in [0.2, 0.25) is 0 Å². The highest BCUT2D eigenvalue weighted by Crippen LogP contribution is 2.34. The molecule has 0 aliphatic carbocycles. The molecule has 9 heteroatoms. The van der Waals surface area contributed by atoms with Crippen LogP contribution in [0.3, 0.4) is 0 Å². The van der Waals surface area contributed by atoms with Crippen LogP contribution in [0.2, 0.25) is 0 Å². The molecular weight excluding hydrogens is 321 g/mol. The Labute approximate surface area is 136 Å². The lowest BCUT2D eigenvalue weighted by molar-refractivity contribution is -0.179. The molecule has 126 valence electrons. The molecular formula is C15H15F3N6. The van der Waals surface area contributed by atoms with E-state index in [1.807, 2.05) is 0 Å². The Kier molecular flexibility index (Phi) is 4.13. The fourth-order valence-electron chi connectivity index (χ4n) is 2.79. The van der Waals surface area contributed by atoms with Crippen LogP contribution in [0.1, 0.15) is 29.3 Å². The van der Waals surface area contributed by atoms with Crippen molar-refractivity contribution in [3.63, 3.8) is 0 Å². The smallest absolute Gasteiger partial charge is 0.363 e. The number of halogens is 3. The molecule has 24 heavy (non-hydrogen) atoms. The van der Waals surface area contributed by atoms with Crippen molar-refractivity contribution < 1.29 is 13.2 Å². The molecule has 2 aromatic rings. The summed E-state index contributed by atoms with van der Waals surface area (Å²) in [5.74, 6) is 0.0854. The van der Waals surface area contributed by atoms with Crippen molar-refractivity contribution in [2.45, 2.75) is 39.0 Å². The number of hydrogen-bond acceptors (Lipinski definition) is 5. The first kappa shape index (κ1) is 16.2. The Morgan fingerprint density at radius 1 is 1.38 bits per heavy atom. The van der Waals surface area contributed by atoms with Crippen LogP contribution in [0.25, 0.3) is 0 Å². The number of nitriles is 1. The van der Waals surface area contributed by atoms with Gasteiger partial charge in [0.05, 0.1) is 24.1 Å². The van der Waals surface area contributed by atoms with Crippen molar-refractivity contribution in [1.82, 2.24) is 19.7 Å². The van der Waals surface area contributed by atoms with E-state index >= 15 is 0 Å². The molecule has 1 aliphatic rings. The van der Waals surface area contributed by atoms with Gasteiger partial charge in [-0.15, -0.1) is 10.2 Å². The summed E-state index contributed by atoms with van der Waals surface area (Å²) in [4.78, 5) is 4.27. The van der Waals surface area contributed by atoms with Crippen LogP contribution in [0.5, 0.6) is 0 Å².